The Bertz CT molecular complexity index is 976. The number of nitrogens with zero attached hydrogens (tertiary/aromatic N) is 1. The fourth-order valence-corrected chi connectivity index (χ4v) is 2.75. The van der Waals surface area contributed by atoms with Gasteiger partial charge in [-0.2, -0.15) is 0 Å². The van der Waals surface area contributed by atoms with Crippen LogP contribution in [0.2, 0.25) is 0 Å². The molecule has 1 aromatic heterocycles. The van der Waals surface area contributed by atoms with Crippen molar-refractivity contribution in [1.82, 2.24) is 9.97 Å². The number of aromatic amines is 1. The van der Waals surface area contributed by atoms with E-state index in [2.05, 4.69) is 24.5 Å². The van der Waals surface area contributed by atoms with E-state index in [1.54, 1.807) is 6.20 Å². The summed E-state index contributed by atoms with van der Waals surface area (Å²) < 4.78 is 5.57. The highest BCUT2D eigenvalue weighted by Crippen LogP contribution is 2.25. The van der Waals surface area contributed by atoms with E-state index in [9.17, 15) is 4.79 Å². The molecule has 0 radical (unpaired) electrons. The molecule has 6 heteroatoms. The molecular formula is C22H24N3O2P. The number of benzene rings is 2. The standard InChI is InChI=1S/C22H24N3O2P/c1-15(16(2)28)22-23-14-20(25-22)17-7-6-8-18(13-17)24-21(26)11-12-27-19-9-4-3-5-10-19/h3-10,13-14H,11-12,28H2,1-2H3,(H,23,25)(H,24,26)/b16-15-. The highest BCUT2D eigenvalue weighted by atomic mass is 31.0. The van der Waals surface area contributed by atoms with Crippen molar-refractivity contribution >= 4 is 26.4 Å². The Morgan fingerprint density at radius 1 is 1.14 bits per heavy atom. The summed E-state index contributed by atoms with van der Waals surface area (Å²) in [6, 6.07) is 17.2. The molecule has 0 aliphatic carbocycles. The van der Waals surface area contributed by atoms with E-state index >= 15 is 0 Å². The van der Waals surface area contributed by atoms with Crippen LogP contribution in [-0.4, -0.2) is 22.5 Å². The summed E-state index contributed by atoms with van der Waals surface area (Å²) in [4.78, 5) is 20.0. The molecular weight excluding hydrogens is 369 g/mol. The average Bonchev–Trinajstić information content (AvgIpc) is 3.18. The first-order valence-electron chi connectivity index (χ1n) is 9.09. The monoisotopic (exact) mass is 393 g/mol. The van der Waals surface area contributed by atoms with Crippen molar-refractivity contribution in [2.75, 3.05) is 11.9 Å². The lowest BCUT2D eigenvalue weighted by atomic mass is 10.1. The van der Waals surface area contributed by atoms with Crippen LogP contribution < -0.4 is 10.1 Å². The van der Waals surface area contributed by atoms with Crippen molar-refractivity contribution in [3.8, 4) is 17.0 Å². The van der Waals surface area contributed by atoms with Crippen molar-refractivity contribution in [2.24, 2.45) is 0 Å². The Balaban J connectivity index is 1.60. The van der Waals surface area contributed by atoms with Gasteiger partial charge in [-0.1, -0.05) is 30.3 Å². The molecule has 0 aliphatic heterocycles. The summed E-state index contributed by atoms with van der Waals surface area (Å²) in [7, 11) is 2.69. The van der Waals surface area contributed by atoms with E-state index < -0.39 is 0 Å². The molecule has 2 aromatic carbocycles. The van der Waals surface area contributed by atoms with Gasteiger partial charge in [0, 0.05) is 11.3 Å². The van der Waals surface area contributed by atoms with Gasteiger partial charge in [-0.05, 0) is 49.0 Å². The number of hydrogen-bond donors (Lipinski definition) is 2. The lowest BCUT2D eigenvalue weighted by Crippen LogP contribution is -2.15. The second-order valence-electron chi connectivity index (χ2n) is 6.49. The lowest BCUT2D eigenvalue weighted by Gasteiger charge is -2.08. The van der Waals surface area contributed by atoms with Crippen LogP contribution in [-0.2, 0) is 4.79 Å². The Morgan fingerprint density at radius 2 is 1.93 bits per heavy atom. The minimum atomic E-state index is -0.0872. The van der Waals surface area contributed by atoms with Gasteiger partial charge in [-0.25, -0.2) is 4.98 Å². The molecule has 0 bridgehead atoms. The fraction of sp³-hybridized carbons (Fsp3) is 0.182. The molecule has 0 aliphatic rings. The molecule has 0 spiro atoms. The molecule has 1 heterocycles. The SMILES string of the molecule is C/C(P)=C(\C)c1ncc(-c2cccc(NC(=O)CCOc3ccccc3)c2)[nH]1. The first-order chi connectivity index (χ1) is 13.5. The molecule has 0 saturated carbocycles. The molecule has 28 heavy (non-hydrogen) atoms. The first-order valence-corrected chi connectivity index (χ1v) is 9.67. The molecule has 0 fully saturated rings. The third-order valence-corrected chi connectivity index (χ3v) is 4.75. The molecule has 5 nitrogen and oxygen atoms in total. The largest absolute Gasteiger partial charge is 0.493 e. The molecule has 2 N–H and O–H groups in total. The van der Waals surface area contributed by atoms with Crippen LogP contribution in [0.1, 0.15) is 26.1 Å². The second-order valence-corrected chi connectivity index (χ2v) is 7.36. The highest BCUT2D eigenvalue weighted by Gasteiger charge is 2.08. The number of rotatable bonds is 7. The van der Waals surface area contributed by atoms with Crippen molar-refractivity contribution in [3.63, 3.8) is 0 Å². The van der Waals surface area contributed by atoms with Gasteiger partial charge >= 0.3 is 0 Å². The summed E-state index contributed by atoms with van der Waals surface area (Å²) in [5.41, 5.74) is 3.71. The third kappa shape index (κ3) is 5.30. The van der Waals surface area contributed by atoms with Gasteiger partial charge in [0.2, 0.25) is 5.91 Å². The number of imidazole rings is 1. The summed E-state index contributed by atoms with van der Waals surface area (Å²) in [5, 5.41) is 4.06. The topological polar surface area (TPSA) is 67.0 Å². The Hall–Kier alpha value is -2.91. The van der Waals surface area contributed by atoms with Crippen LogP contribution in [0.3, 0.4) is 0 Å². The van der Waals surface area contributed by atoms with Crippen molar-refractivity contribution < 1.29 is 9.53 Å². The number of amides is 1. The Labute approximate surface area is 167 Å². The zero-order valence-corrected chi connectivity index (χ0v) is 17.2. The van der Waals surface area contributed by atoms with Gasteiger partial charge < -0.3 is 15.0 Å². The van der Waals surface area contributed by atoms with E-state index in [4.69, 9.17) is 4.74 Å². The van der Waals surface area contributed by atoms with Gasteiger partial charge in [-0.15, -0.1) is 9.24 Å². The first kappa shape index (κ1) is 19.8. The maximum absolute atomic E-state index is 12.2. The quantitative estimate of drug-likeness (QED) is 0.548. The number of carbonyl (C=O) groups excluding carboxylic acids is 1. The van der Waals surface area contributed by atoms with Crippen molar-refractivity contribution in [3.05, 3.63) is 71.9 Å². The van der Waals surface area contributed by atoms with Crippen molar-refractivity contribution in [2.45, 2.75) is 20.3 Å². The van der Waals surface area contributed by atoms with Crippen LogP contribution >= 0.6 is 9.24 Å². The number of allylic oxidation sites excluding steroid dienone is 2. The van der Waals surface area contributed by atoms with Crippen LogP contribution in [0, 0.1) is 0 Å². The number of H-pyrrole nitrogens is 1. The Morgan fingerprint density at radius 3 is 2.68 bits per heavy atom. The summed E-state index contributed by atoms with van der Waals surface area (Å²) in [6.45, 7) is 4.39. The van der Waals surface area contributed by atoms with E-state index in [0.29, 0.717) is 6.61 Å². The number of nitrogens with one attached hydrogen (secondary N) is 2. The number of aromatic nitrogens is 2. The van der Waals surface area contributed by atoms with Crippen LogP contribution in [0.5, 0.6) is 5.75 Å². The predicted octanol–water partition coefficient (Wildman–Crippen LogP) is 5.11. The van der Waals surface area contributed by atoms with Gasteiger partial charge in [-0.3, -0.25) is 4.79 Å². The lowest BCUT2D eigenvalue weighted by molar-refractivity contribution is -0.116. The Kier molecular flexibility index (Phi) is 6.62. The molecule has 3 aromatic rings. The van der Waals surface area contributed by atoms with Crippen molar-refractivity contribution in [1.29, 1.82) is 0 Å². The minimum Gasteiger partial charge on any atom is -0.493 e. The number of para-hydroxylation sites is 1. The number of anilines is 1. The summed E-state index contributed by atoms with van der Waals surface area (Å²) in [6.07, 6.45) is 2.09. The molecule has 1 unspecified atom stereocenters. The zero-order valence-electron chi connectivity index (χ0n) is 16.0. The summed E-state index contributed by atoms with van der Waals surface area (Å²) in [5.74, 6) is 1.52. The zero-order chi connectivity index (χ0) is 19.9. The molecule has 1 amide bonds. The number of ether oxygens (including phenoxy) is 1. The van der Waals surface area contributed by atoms with Crippen LogP contribution in [0.15, 0.2) is 66.1 Å². The molecule has 0 saturated heterocycles. The number of carbonyl (C=O) groups is 1. The second kappa shape index (κ2) is 9.34. The molecule has 1 atom stereocenters. The van der Waals surface area contributed by atoms with E-state index in [1.165, 1.54) is 0 Å². The number of hydrogen-bond acceptors (Lipinski definition) is 3. The normalized spacial score (nSPS) is 11.7. The van der Waals surface area contributed by atoms with Gasteiger partial charge in [0.1, 0.15) is 11.6 Å². The van der Waals surface area contributed by atoms with Gasteiger partial charge in [0.25, 0.3) is 0 Å². The van der Waals surface area contributed by atoms with Gasteiger partial charge in [0.15, 0.2) is 0 Å². The van der Waals surface area contributed by atoms with E-state index in [0.717, 1.165) is 39.4 Å². The van der Waals surface area contributed by atoms with Crippen LogP contribution in [0.25, 0.3) is 16.8 Å². The molecule has 144 valence electrons. The predicted molar refractivity (Wildman–Crippen MR) is 117 cm³/mol. The van der Waals surface area contributed by atoms with Crippen LogP contribution in [0.4, 0.5) is 5.69 Å². The summed E-state index contributed by atoms with van der Waals surface area (Å²) >= 11 is 0. The highest BCUT2D eigenvalue weighted by molar-refractivity contribution is 7.22. The maximum atomic E-state index is 12.2. The van der Waals surface area contributed by atoms with Gasteiger partial charge in [0.05, 0.1) is 24.9 Å². The third-order valence-electron chi connectivity index (χ3n) is 4.32. The van der Waals surface area contributed by atoms with E-state index in [1.807, 2.05) is 68.4 Å². The fourth-order valence-electron chi connectivity index (χ4n) is 2.61. The van der Waals surface area contributed by atoms with E-state index in [-0.39, 0.29) is 12.3 Å². The minimum absolute atomic E-state index is 0.0872. The average molecular weight is 393 g/mol. The molecule has 3 rings (SSSR count). The maximum Gasteiger partial charge on any atom is 0.227 e. The smallest absolute Gasteiger partial charge is 0.227 e.